The molecule has 0 radical (unpaired) electrons. The van der Waals surface area contributed by atoms with Crippen LogP contribution in [0.3, 0.4) is 0 Å². The van der Waals surface area contributed by atoms with E-state index in [1.165, 1.54) is 0 Å². The second-order valence-electron chi connectivity index (χ2n) is 10.7. The smallest absolute Gasteiger partial charge is 0.317 e. The highest BCUT2D eigenvalue weighted by Gasteiger charge is 2.21. The van der Waals surface area contributed by atoms with E-state index in [2.05, 4.69) is 27.8 Å². The Kier molecular flexibility index (Phi) is 16.0. The predicted octanol–water partition coefficient (Wildman–Crippen LogP) is -0.786. The first-order valence-corrected chi connectivity index (χ1v) is 15.0. The van der Waals surface area contributed by atoms with Gasteiger partial charge in [-0.15, -0.1) is 0 Å². The highest BCUT2D eigenvalue weighted by molar-refractivity contribution is 5.78. The largest absolute Gasteiger partial charge is 0.480 e. The first-order valence-electron chi connectivity index (χ1n) is 15.0. The zero-order chi connectivity index (χ0) is 30.9. The lowest BCUT2D eigenvalue weighted by Crippen LogP contribution is -2.49. The third-order valence-corrected chi connectivity index (χ3v) is 7.45. The van der Waals surface area contributed by atoms with Gasteiger partial charge < -0.3 is 31.1 Å². The molecular weight excluding hydrogens is 546 g/mol. The first kappa shape index (κ1) is 35.1. The van der Waals surface area contributed by atoms with Crippen molar-refractivity contribution in [2.45, 2.75) is 39.5 Å². The molecule has 1 amide bonds. The van der Waals surface area contributed by atoms with Crippen LogP contribution in [0, 0.1) is 0 Å². The predicted molar refractivity (Wildman–Crippen MR) is 162 cm³/mol. The molecule has 14 nitrogen and oxygen atoms in total. The second kappa shape index (κ2) is 19.2. The maximum absolute atomic E-state index is 12.8. The van der Waals surface area contributed by atoms with Gasteiger partial charge in [0.15, 0.2) is 0 Å². The Labute approximate surface area is 247 Å². The molecule has 2 rings (SSSR count). The van der Waals surface area contributed by atoms with Gasteiger partial charge in [0.25, 0.3) is 10.9 Å². The standard InChI is InChI=1S/C28H49N7O7/c1-3-5-6-7-8-30-25-26(28(42)27(25)41)31-10-9-29-22(36)19-33-13-11-32(4-2)12-14-34(20-23(37)38)17-18-35(16-15-33)21-24(39)40/h30-31H,3-21H2,1-2H3,(H,29,36)(H,37,38)(H,39,40). The molecule has 1 aliphatic rings. The average molecular weight is 596 g/mol. The number of aliphatic carboxylic acids is 2. The number of carbonyl (C=O) groups excluding carboxylic acids is 1. The van der Waals surface area contributed by atoms with Crippen molar-refractivity contribution in [1.82, 2.24) is 24.9 Å². The minimum Gasteiger partial charge on any atom is -0.480 e. The van der Waals surface area contributed by atoms with Crippen LogP contribution in [0.5, 0.6) is 0 Å². The van der Waals surface area contributed by atoms with Gasteiger partial charge in [0.05, 0.1) is 19.6 Å². The maximum atomic E-state index is 12.8. The number of carbonyl (C=O) groups is 3. The molecule has 5 N–H and O–H groups in total. The van der Waals surface area contributed by atoms with Crippen LogP contribution in [-0.2, 0) is 14.4 Å². The number of carboxylic acid groups (broad SMARTS) is 2. The summed E-state index contributed by atoms with van der Waals surface area (Å²) in [5.74, 6) is -2.07. The van der Waals surface area contributed by atoms with Gasteiger partial charge in [-0.1, -0.05) is 33.1 Å². The van der Waals surface area contributed by atoms with Crippen molar-refractivity contribution in [2.24, 2.45) is 0 Å². The summed E-state index contributed by atoms with van der Waals surface area (Å²) < 4.78 is 0. The number of nitrogens with one attached hydrogen (secondary N) is 3. The summed E-state index contributed by atoms with van der Waals surface area (Å²) in [6.07, 6.45) is 4.22. The van der Waals surface area contributed by atoms with Crippen LogP contribution in [0.15, 0.2) is 9.59 Å². The zero-order valence-electron chi connectivity index (χ0n) is 25.2. The normalized spacial score (nSPS) is 16.9. The van der Waals surface area contributed by atoms with Gasteiger partial charge in [0.1, 0.15) is 11.4 Å². The third kappa shape index (κ3) is 12.8. The van der Waals surface area contributed by atoms with Gasteiger partial charge in [0, 0.05) is 72.0 Å². The van der Waals surface area contributed by atoms with E-state index in [1.807, 2.05) is 16.7 Å². The summed E-state index contributed by atoms with van der Waals surface area (Å²) in [5, 5.41) is 27.5. The zero-order valence-corrected chi connectivity index (χ0v) is 25.2. The molecule has 1 saturated heterocycles. The molecule has 238 valence electrons. The first-order chi connectivity index (χ1) is 20.1. The Balaban J connectivity index is 1.88. The molecule has 1 aliphatic heterocycles. The Morgan fingerprint density at radius 2 is 1.07 bits per heavy atom. The highest BCUT2D eigenvalue weighted by Crippen LogP contribution is 2.14. The summed E-state index contributed by atoms with van der Waals surface area (Å²) in [7, 11) is 0. The fourth-order valence-electron chi connectivity index (χ4n) is 4.89. The minimum atomic E-state index is -0.961. The number of hydrogen-bond acceptors (Lipinski definition) is 11. The Hall–Kier alpha value is -3.07. The number of nitrogens with zero attached hydrogens (tertiary/aromatic N) is 4. The van der Waals surface area contributed by atoms with E-state index >= 15 is 0 Å². The SMILES string of the molecule is CCCCCCNc1c(NCCNC(=O)CN2CCN(CC)CCN(CC(=O)O)CCN(CC(=O)O)CC2)c(=O)c1=O. The van der Waals surface area contributed by atoms with E-state index in [0.29, 0.717) is 71.1 Å². The molecule has 1 heterocycles. The molecule has 1 aromatic rings. The second-order valence-corrected chi connectivity index (χ2v) is 10.7. The average Bonchev–Trinajstić information content (AvgIpc) is 2.94. The lowest BCUT2D eigenvalue weighted by Gasteiger charge is -2.33. The van der Waals surface area contributed by atoms with Gasteiger partial charge in [-0.25, -0.2) is 0 Å². The number of likely N-dealkylation sites (N-methyl/N-ethyl adjacent to an activating group) is 1. The van der Waals surface area contributed by atoms with E-state index in [1.54, 1.807) is 4.90 Å². The number of hydrogen-bond donors (Lipinski definition) is 5. The summed E-state index contributed by atoms with van der Waals surface area (Å²) >= 11 is 0. The summed E-state index contributed by atoms with van der Waals surface area (Å²) in [4.78, 5) is 67.2. The van der Waals surface area contributed by atoms with Crippen LogP contribution in [0.2, 0.25) is 0 Å². The van der Waals surface area contributed by atoms with Gasteiger partial charge in [0.2, 0.25) is 5.91 Å². The van der Waals surface area contributed by atoms with Crippen LogP contribution in [0.1, 0.15) is 39.5 Å². The van der Waals surface area contributed by atoms with Crippen molar-refractivity contribution in [3.05, 3.63) is 20.4 Å². The van der Waals surface area contributed by atoms with Crippen molar-refractivity contribution in [1.29, 1.82) is 0 Å². The number of unbranched alkanes of at least 4 members (excludes halogenated alkanes) is 3. The lowest BCUT2D eigenvalue weighted by molar-refractivity contribution is -0.140. The quantitative estimate of drug-likeness (QED) is 0.112. The molecule has 0 saturated carbocycles. The number of rotatable bonds is 17. The Bertz CT molecular complexity index is 1060. The van der Waals surface area contributed by atoms with Crippen molar-refractivity contribution in [3.8, 4) is 0 Å². The Morgan fingerprint density at radius 1 is 0.619 bits per heavy atom. The molecule has 0 bridgehead atoms. The molecule has 0 atom stereocenters. The fraction of sp³-hybridized carbons (Fsp3) is 0.750. The number of anilines is 2. The van der Waals surface area contributed by atoms with Crippen LogP contribution < -0.4 is 26.8 Å². The van der Waals surface area contributed by atoms with Crippen molar-refractivity contribution < 1.29 is 24.6 Å². The van der Waals surface area contributed by atoms with Crippen LogP contribution in [-0.4, -0.2) is 146 Å². The van der Waals surface area contributed by atoms with Crippen molar-refractivity contribution in [2.75, 3.05) is 109 Å². The van der Waals surface area contributed by atoms with E-state index in [4.69, 9.17) is 0 Å². The molecule has 0 spiro atoms. The molecule has 14 heteroatoms. The third-order valence-electron chi connectivity index (χ3n) is 7.45. The highest BCUT2D eigenvalue weighted by atomic mass is 16.4. The minimum absolute atomic E-state index is 0.0990. The molecule has 42 heavy (non-hydrogen) atoms. The van der Waals surface area contributed by atoms with Gasteiger partial charge in [-0.2, -0.15) is 0 Å². The topological polar surface area (TPSA) is 175 Å². The van der Waals surface area contributed by atoms with E-state index in [-0.39, 0.29) is 37.8 Å². The monoisotopic (exact) mass is 595 g/mol. The fourth-order valence-corrected chi connectivity index (χ4v) is 4.89. The lowest BCUT2D eigenvalue weighted by atomic mass is 10.1. The summed E-state index contributed by atoms with van der Waals surface area (Å²) in [6.45, 7) is 10.3. The molecular formula is C28H49N7O7. The molecule has 0 aliphatic carbocycles. The molecule has 1 fully saturated rings. The van der Waals surface area contributed by atoms with Crippen LogP contribution in [0.4, 0.5) is 11.4 Å². The molecule has 1 aromatic carbocycles. The van der Waals surface area contributed by atoms with Gasteiger partial charge in [-0.05, 0) is 13.0 Å². The van der Waals surface area contributed by atoms with Crippen LogP contribution in [0.25, 0.3) is 0 Å². The summed E-state index contributed by atoms with van der Waals surface area (Å²) in [5.41, 5.74) is -0.471. The van der Waals surface area contributed by atoms with Gasteiger partial charge in [-0.3, -0.25) is 38.7 Å². The number of amides is 1. The maximum Gasteiger partial charge on any atom is 0.317 e. The van der Waals surface area contributed by atoms with Crippen LogP contribution >= 0.6 is 0 Å². The molecule has 0 unspecified atom stereocenters. The van der Waals surface area contributed by atoms with Gasteiger partial charge >= 0.3 is 11.9 Å². The number of carboxylic acids is 2. The van der Waals surface area contributed by atoms with E-state index < -0.39 is 22.8 Å². The summed E-state index contributed by atoms with van der Waals surface area (Å²) in [6, 6.07) is 0. The van der Waals surface area contributed by atoms with Crippen molar-refractivity contribution in [3.63, 3.8) is 0 Å². The molecule has 0 aromatic heterocycles. The van der Waals surface area contributed by atoms with Crippen molar-refractivity contribution >= 4 is 29.2 Å². The Morgan fingerprint density at radius 3 is 1.52 bits per heavy atom. The van der Waals surface area contributed by atoms with E-state index in [0.717, 1.165) is 32.2 Å². The van der Waals surface area contributed by atoms with E-state index in [9.17, 15) is 34.2 Å².